The number of hydrogen-bond donors (Lipinski definition) is 3. The quantitative estimate of drug-likeness (QED) is 0.314. The number of thiophene rings is 1. The molecule has 0 aliphatic rings. The molecular formula is C21H26BrN5O4S. The lowest BCUT2D eigenvalue weighted by atomic mass is 9.86. The molecule has 0 spiro atoms. The lowest BCUT2D eigenvalue weighted by molar-refractivity contribution is -0.791. The van der Waals surface area contributed by atoms with Crippen molar-refractivity contribution in [3.05, 3.63) is 49.3 Å². The van der Waals surface area contributed by atoms with Gasteiger partial charge < -0.3 is 25.2 Å². The van der Waals surface area contributed by atoms with Gasteiger partial charge in [-0.1, -0.05) is 25.7 Å². The number of phenolic OH excluding ortho intramolecular Hbond substituents is 1. The Balaban J connectivity index is 1.98. The molecule has 0 aliphatic heterocycles. The number of halogens is 1. The predicted octanol–water partition coefficient (Wildman–Crippen LogP) is 4.79. The van der Waals surface area contributed by atoms with E-state index >= 15 is 0 Å². The number of aromatic hydroxyl groups is 1. The summed E-state index contributed by atoms with van der Waals surface area (Å²) in [5, 5.41) is 33.1. The van der Waals surface area contributed by atoms with E-state index in [1.165, 1.54) is 4.90 Å². The van der Waals surface area contributed by atoms with Gasteiger partial charge in [-0.2, -0.15) is 0 Å². The predicted molar refractivity (Wildman–Crippen MR) is 127 cm³/mol. The standard InChI is InChI=1S/C21H26BrN5O4S/c1-11-7-10-14(32-11)17(21(2,3)4)24-19-18(25-31-27(19)30)23-13-9-8-12(22)15(16(13)28)20(29)26(5)6/h7-10,17,24,28H,1-6H3,(H,23,25)/t17-/m0/s1. The van der Waals surface area contributed by atoms with E-state index in [1.54, 1.807) is 37.6 Å². The molecular weight excluding hydrogens is 498 g/mol. The minimum Gasteiger partial charge on any atom is -0.505 e. The first-order valence-electron chi connectivity index (χ1n) is 9.83. The highest BCUT2D eigenvalue weighted by molar-refractivity contribution is 9.10. The average molecular weight is 524 g/mol. The molecule has 11 heteroatoms. The van der Waals surface area contributed by atoms with Crippen molar-refractivity contribution in [1.29, 1.82) is 0 Å². The number of amides is 1. The molecule has 2 aromatic heterocycles. The number of hydrogen-bond acceptors (Lipinski definition) is 8. The number of carbonyl (C=O) groups excluding carboxylic acids is 1. The van der Waals surface area contributed by atoms with Crippen LogP contribution in [0.1, 0.15) is 46.9 Å². The maximum absolute atomic E-state index is 12.5. The molecule has 0 bridgehead atoms. The number of anilines is 3. The van der Waals surface area contributed by atoms with Crippen molar-refractivity contribution < 1.29 is 19.4 Å². The Morgan fingerprint density at radius 3 is 2.56 bits per heavy atom. The van der Waals surface area contributed by atoms with Gasteiger partial charge in [0.25, 0.3) is 5.91 Å². The summed E-state index contributed by atoms with van der Waals surface area (Å²) in [6, 6.07) is 7.05. The van der Waals surface area contributed by atoms with Crippen molar-refractivity contribution in [2.45, 2.75) is 33.7 Å². The number of phenols is 1. The molecule has 0 saturated heterocycles. The molecule has 1 aromatic carbocycles. The average Bonchev–Trinajstić information content (AvgIpc) is 3.26. The van der Waals surface area contributed by atoms with Gasteiger partial charge in [0.1, 0.15) is 6.04 Å². The molecule has 1 atom stereocenters. The lowest BCUT2D eigenvalue weighted by Gasteiger charge is -2.28. The molecule has 172 valence electrons. The van der Waals surface area contributed by atoms with E-state index in [1.807, 2.05) is 19.1 Å². The van der Waals surface area contributed by atoms with E-state index in [0.717, 1.165) is 9.75 Å². The van der Waals surface area contributed by atoms with Gasteiger partial charge in [-0.15, -0.1) is 11.3 Å². The zero-order chi connectivity index (χ0) is 23.8. The Morgan fingerprint density at radius 1 is 1.31 bits per heavy atom. The molecule has 0 unspecified atom stereocenters. The second-order valence-electron chi connectivity index (χ2n) is 8.66. The number of aryl methyl sites for hydroxylation is 1. The molecule has 3 aromatic rings. The summed E-state index contributed by atoms with van der Waals surface area (Å²) in [6.07, 6.45) is 0. The molecule has 9 nitrogen and oxygen atoms in total. The molecule has 1 amide bonds. The third-order valence-electron chi connectivity index (χ3n) is 4.81. The molecule has 3 rings (SSSR count). The maximum atomic E-state index is 12.5. The summed E-state index contributed by atoms with van der Waals surface area (Å²) in [5.74, 6) is -0.496. The van der Waals surface area contributed by atoms with Crippen LogP contribution >= 0.6 is 27.3 Å². The van der Waals surface area contributed by atoms with E-state index in [2.05, 4.69) is 52.5 Å². The Hall–Kier alpha value is -2.79. The van der Waals surface area contributed by atoms with Gasteiger partial charge in [0.15, 0.2) is 5.75 Å². The smallest absolute Gasteiger partial charge is 0.320 e. The van der Waals surface area contributed by atoms with Crippen LogP contribution in [0.3, 0.4) is 0 Å². The van der Waals surface area contributed by atoms with Crippen molar-refractivity contribution in [3.8, 4) is 5.75 Å². The van der Waals surface area contributed by atoms with Crippen LogP contribution in [0.5, 0.6) is 5.75 Å². The highest BCUT2D eigenvalue weighted by atomic mass is 79.9. The Morgan fingerprint density at radius 2 is 2.00 bits per heavy atom. The molecule has 0 radical (unpaired) electrons. The van der Waals surface area contributed by atoms with Gasteiger partial charge in [0, 0.05) is 33.7 Å². The fourth-order valence-electron chi connectivity index (χ4n) is 3.13. The fraction of sp³-hybridized carbons (Fsp3) is 0.381. The van der Waals surface area contributed by atoms with Crippen molar-refractivity contribution in [2.24, 2.45) is 5.41 Å². The van der Waals surface area contributed by atoms with Crippen LogP contribution < -0.4 is 15.5 Å². The molecule has 2 heterocycles. The van der Waals surface area contributed by atoms with Crippen LogP contribution in [-0.2, 0) is 0 Å². The van der Waals surface area contributed by atoms with Gasteiger partial charge in [-0.25, -0.2) is 0 Å². The van der Waals surface area contributed by atoms with Gasteiger partial charge >= 0.3 is 11.6 Å². The SMILES string of the molecule is Cc1ccc([C@H](Nc2c(Nc3ccc(Br)c(C(=O)N(C)C)c3O)no[n+]2[O-])C(C)(C)C)s1. The van der Waals surface area contributed by atoms with Crippen molar-refractivity contribution in [2.75, 3.05) is 24.7 Å². The minimum absolute atomic E-state index is 0.0683. The molecule has 32 heavy (non-hydrogen) atoms. The normalized spacial score (nSPS) is 12.5. The van der Waals surface area contributed by atoms with Crippen molar-refractivity contribution in [1.82, 2.24) is 10.1 Å². The second kappa shape index (κ2) is 8.99. The number of carbonyl (C=O) groups is 1. The van der Waals surface area contributed by atoms with Crippen LogP contribution in [-0.4, -0.2) is 35.2 Å². The molecule has 0 fully saturated rings. The van der Waals surface area contributed by atoms with E-state index in [9.17, 15) is 15.1 Å². The van der Waals surface area contributed by atoms with Crippen molar-refractivity contribution >= 4 is 50.5 Å². The first-order chi connectivity index (χ1) is 14.9. The Kier molecular flexibility index (Phi) is 6.70. The topological polar surface area (TPSA) is 118 Å². The van der Waals surface area contributed by atoms with Gasteiger partial charge in [-0.3, -0.25) is 10.1 Å². The zero-order valence-corrected chi connectivity index (χ0v) is 21.1. The van der Waals surface area contributed by atoms with Crippen LogP contribution in [0, 0.1) is 17.5 Å². The summed E-state index contributed by atoms with van der Waals surface area (Å²) in [4.78, 5) is 16.3. The largest absolute Gasteiger partial charge is 0.505 e. The zero-order valence-electron chi connectivity index (χ0n) is 18.7. The highest BCUT2D eigenvalue weighted by Crippen LogP contribution is 2.41. The van der Waals surface area contributed by atoms with E-state index < -0.39 is 0 Å². The Labute approximate surface area is 198 Å². The van der Waals surface area contributed by atoms with Gasteiger partial charge in [0.05, 0.1) is 11.3 Å². The third kappa shape index (κ3) is 4.83. The first kappa shape index (κ1) is 23.9. The molecule has 0 aliphatic carbocycles. The lowest BCUT2D eigenvalue weighted by Crippen LogP contribution is -2.33. The summed E-state index contributed by atoms with van der Waals surface area (Å²) >= 11 is 4.94. The summed E-state index contributed by atoms with van der Waals surface area (Å²) in [7, 11) is 3.18. The number of benzene rings is 1. The number of nitrogens with zero attached hydrogens (tertiary/aromatic N) is 3. The van der Waals surface area contributed by atoms with Gasteiger partial charge in [-0.05, 0) is 52.3 Å². The monoisotopic (exact) mass is 523 g/mol. The highest BCUT2D eigenvalue weighted by Gasteiger charge is 2.34. The van der Waals surface area contributed by atoms with Crippen LogP contribution in [0.25, 0.3) is 0 Å². The second-order valence-corrected chi connectivity index (χ2v) is 10.8. The maximum Gasteiger partial charge on any atom is 0.320 e. The number of aromatic nitrogens is 2. The van der Waals surface area contributed by atoms with Gasteiger partial charge in [0.2, 0.25) is 0 Å². The fourth-order valence-corrected chi connectivity index (χ4v) is 4.80. The van der Waals surface area contributed by atoms with E-state index in [0.29, 0.717) is 4.47 Å². The van der Waals surface area contributed by atoms with E-state index in [-0.39, 0.29) is 50.9 Å². The number of nitrogens with one attached hydrogen (secondary N) is 2. The van der Waals surface area contributed by atoms with Crippen molar-refractivity contribution in [3.63, 3.8) is 0 Å². The minimum atomic E-state index is -0.378. The van der Waals surface area contributed by atoms with Crippen LogP contribution in [0.2, 0.25) is 0 Å². The summed E-state index contributed by atoms with van der Waals surface area (Å²) in [6.45, 7) is 8.22. The summed E-state index contributed by atoms with van der Waals surface area (Å²) < 4.78 is 5.27. The molecule has 3 N–H and O–H groups in total. The van der Waals surface area contributed by atoms with E-state index in [4.69, 9.17) is 4.63 Å². The molecule has 0 saturated carbocycles. The first-order valence-corrected chi connectivity index (χ1v) is 11.4. The third-order valence-corrected chi connectivity index (χ3v) is 6.53. The van der Waals surface area contributed by atoms with Crippen LogP contribution in [0.15, 0.2) is 33.4 Å². The number of rotatable bonds is 6. The Bertz CT molecular complexity index is 1140. The van der Waals surface area contributed by atoms with Crippen LogP contribution in [0.4, 0.5) is 17.3 Å². The summed E-state index contributed by atoms with van der Waals surface area (Å²) in [5.41, 5.74) is 0.0634.